The van der Waals surface area contributed by atoms with Crippen molar-refractivity contribution in [1.82, 2.24) is 0 Å². The fraction of sp³-hybridized carbons (Fsp3) is 0.273. The van der Waals surface area contributed by atoms with Gasteiger partial charge in [0.05, 0.1) is 9.08 Å². The molecule has 0 atom stereocenters. The summed E-state index contributed by atoms with van der Waals surface area (Å²) in [5, 5.41) is 3.14. The molecule has 0 aromatic heterocycles. The quantitative estimate of drug-likeness (QED) is 0.764. The van der Waals surface area contributed by atoms with Gasteiger partial charge < -0.3 is 10.1 Å². The van der Waals surface area contributed by atoms with Crippen LogP contribution in [0.25, 0.3) is 0 Å². The molecule has 0 aliphatic rings. The number of ether oxygens (including phenoxy) is 1. The Hall–Kier alpha value is -0.000000000000000222. The highest BCUT2D eigenvalue weighted by Crippen LogP contribution is 2.30. The van der Waals surface area contributed by atoms with E-state index in [4.69, 9.17) is 4.74 Å². The molecule has 0 spiro atoms. The molecule has 0 aliphatic heterocycles. The second-order valence-corrected chi connectivity index (χ2v) is 6.78. The zero-order valence-electron chi connectivity index (χ0n) is 8.98. The van der Waals surface area contributed by atoms with Crippen LogP contribution in [0.5, 0.6) is 5.75 Å². The second kappa shape index (κ2) is 6.67. The third-order valence-electron chi connectivity index (χ3n) is 2.00. The summed E-state index contributed by atoms with van der Waals surface area (Å²) in [4.78, 5) is 0. The van der Waals surface area contributed by atoms with Crippen LogP contribution in [-0.2, 0) is 0 Å². The van der Waals surface area contributed by atoms with Crippen molar-refractivity contribution in [1.29, 1.82) is 0 Å². The molecule has 1 rings (SSSR count). The molecule has 88 valence electrons. The molecule has 2 nitrogen and oxygen atoms in total. The lowest BCUT2D eigenvalue weighted by Crippen LogP contribution is -1.97. The normalized spacial score (nSPS) is 9.81. The van der Waals surface area contributed by atoms with Crippen molar-refractivity contribution in [2.45, 2.75) is 6.92 Å². The molecule has 5 heteroatoms. The minimum atomic E-state index is 0.524. The summed E-state index contributed by atoms with van der Waals surface area (Å²) in [6.07, 6.45) is 1.90. The van der Waals surface area contributed by atoms with E-state index in [9.17, 15) is 0 Å². The Morgan fingerprint density at radius 3 is 2.62 bits per heavy atom. The van der Waals surface area contributed by atoms with Gasteiger partial charge in [-0.3, -0.25) is 0 Å². The van der Waals surface area contributed by atoms with Crippen molar-refractivity contribution < 1.29 is 4.74 Å². The van der Waals surface area contributed by atoms with Crippen molar-refractivity contribution in [3.8, 4) is 5.75 Å². The molecule has 0 bridgehead atoms. The maximum Gasteiger partial charge on any atom is 0.121 e. The number of anilines is 1. The zero-order chi connectivity index (χ0) is 12.1. The number of aryl methyl sites for hydroxylation is 1. The van der Waals surface area contributed by atoms with Crippen LogP contribution in [0.4, 0.5) is 5.69 Å². The van der Waals surface area contributed by atoms with Gasteiger partial charge in [-0.25, -0.2) is 0 Å². The van der Waals surface area contributed by atoms with Crippen LogP contribution in [0.15, 0.2) is 26.1 Å². The Morgan fingerprint density at radius 2 is 2.12 bits per heavy atom. The van der Waals surface area contributed by atoms with Crippen molar-refractivity contribution in [2.75, 3.05) is 19.0 Å². The lowest BCUT2D eigenvalue weighted by molar-refractivity contribution is 0.362. The summed E-state index contributed by atoms with van der Waals surface area (Å²) in [6, 6.07) is 3.96. The van der Waals surface area contributed by atoms with Gasteiger partial charge in [-0.05, 0) is 78.5 Å². The fourth-order valence-corrected chi connectivity index (χ4v) is 2.31. The summed E-state index contributed by atoms with van der Waals surface area (Å²) < 4.78 is 7.48. The number of nitrogens with one attached hydrogen (secondary N) is 1. The second-order valence-electron chi connectivity index (χ2n) is 3.15. The predicted molar refractivity (Wildman–Crippen MR) is 79.9 cm³/mol. The molecule has 1 N–H and O–H groups in total. The average Bonchev–Trinajstić information content (AvgIpc) is 2.16. The summed E-state index contributed by atoms with van der Waals surface area (Å²) >= 11 is 10.1. The summed E-state index contributed by atoms with van der Waals surface area (Å²) in [5.74, 6) is 0.848. The molecular weight excluding hydrogens is 402 g/mol. The van der Waals surface area contributed by atoms with Gasteiger partial charge >= 0.3 is 0 Å². The van der Waals surface area contributed by atoms with E-state index < -0.39 is 0 Å². The van der Waals surface area contributed by atoms with E-state index in [1.807, 2.05) is 32.2 Å². The minimum Gasteiger partial charge on any atom is -0.489 e. The molecule has 0 amide bonds. The molecule has 0 saturated carbocycles. The van der Waals surface area contributed by atoms with Crippen molar-refractivity contribution in [2.24, 2.45) is 0 Å². The zero-order valence-corrected chi connectivity index (χ0v) is 13.7. The van der Waals surface area contributed by atoms with E-state index in [1.165, 1.54) is 0 Å². The molecule has 0 radical (unpaired) electrons. The van der Waals surface area contributed by atoms with Gasteiger partial charge in [0.15, 0.2) is 0 Å². The molecule has 0 aliphatic carbocycles. The van der Waals surface area contributed by atoms with E-state index in [-0.39, 0.29) is 0 Å². The molecule has 1 aromatic rings. The van der Waals surface area contributed by atoms with E-state index in [1.54, 1.807) is 0 Å². The van der Waals surface area contributed by atoms with Crippen molar-refractivity contribution in [3.05, 3.63) is 31.6 Å². The van der Waals surface area contributed by atoms with Crippen LogP contribution in [0.3, 0.4) is 0 Å². The number of hydrogen-bond donors (Lipinski definition) is 1. The van der Waals surface area contributed by atoms with Gasteiger partial charge in [0.1, 0.15) is 12.4 Å². The molecule has 16 heavy (non-hydrogen) atoms. The Labute approximate surface area is 121 Å². The van der Waals surface area contributed by atoms with Crippen LogP contribution in [0.1, 0.15) is 5.56 Å². The Morgan fingerprint density at radius 1 is 1.44 bits per heavy atom. The van der Waals surface area contributed by atoms with E-state index in [0.29, 0.717) is 6.61 Å². The van der Waals surface area contributed by atoms with Crippen LogP contribution >= 0.6 is 47.8 Å². The maximum atomic E-state index is 5.58. The number of benzene rings is 1. The van der Waals surface area contributed by atoms with Gasteiger partial charge in [0, 0.05) is 11.5 Å². The topological polar surface area (TPSA) is 21.3 Å². The third-order valence-corrected chi connectivity index (χ3v) is 3.27. The standard InChI is InChI=1S/C11H12Br3NO/c1-7-5-8(16-4-3-10(13)14)6-9(12)11(7)15-2/h3,5-6,15H,4H2,1-2H3. The smallest absolute Gasteiger partial charge is 0.121 e. The SMILES string of the molecule is CNc1c(C)cc(OCC=C(Br)Br)cc1Br. The van der Waals surface area contributed by atoms with Gasteiger partial charge in [0.2, 0.25) is 0 Å². The Kier molecular flexibility index (Phi) is 5.86. The summed E-state index contributed by atoms with van der Waals surface area (Å²) in [7, 11) is 1.90. The van der Waals surface area contributed by atoms with Crippen LogP contribution < -0.4 is 10.1 Å². The minimum absolute atomic E-state index is 0.524. The van der Waals surface area contributed by atoms with E-state index in [2.05, 4.69) is 53.1 Å². The highest BCUT2D eigenvalue weighted by Gasteiger charge is 2.04. The van der Waals surface area contributed by atoms with Gasteiger partial charge in [0.25, 0.3) is 0 Å². The molecular formula is C11H12Br3NO. The van der Waals surface area contributed by atoms with Crippen LogP contribution in [0.2, 0.25) is 0 Å². The first-order chi connectivity index (χ1) is 7.54. The average molecular weight is 414 g/mol. The first-order valence-corrected chi connectivity index (χ1v) is 7.04. The highest BCUT2D eigenvalue weighted by molar-refractivity contribution is 9.28. The van der Waals surface area contributed by atoms with Crippen molar-refractivity contribution >= 4 is 53.5 Å². The number of hydrogen-bond acceptors (Lipinski definition) is 2. The first kappa shape index (κ1) is 14.1. The Balaban J connectivity index is 2.80. The van der Waals surface area contributed by atoms with Crippen LogP contribution in [0, 0.1) is 6.92 Å². The summed E-state index contributed by atoms with van der Waals surface area (Å²) in [5.41, 5.74) is 2.23. The predicted octanol–water partition coefficient (Wildman–Crippen LogP) is 4.81. The molecule has 0 heterocycles. The molecule has 1 aromatic carbocycles. The molecule has 0 unspecified atom stereocenters. The van der Waals surface area contributed by atoms with Crippen molar-refractivity contribution in [3.63, 3.8) is 0 Å². The lowest BCUT2D eigenvalue weighted by atomic mass is 10.2. The first-order valence-electron chi connectivity index (χ1n) is 4.66. The monoisotopic (exact) mass is 411 g/mol. The molecule has 0 saturated heterocycles. The Bertz CT molecular complexity index is 377. The third kappa shape index (κ3) is 4.11. The molecule has 0 fully saturated rings. The largest absolute Gasteiger partial charge is 0.489 e. The van der Waals surface area contributed by atoms with E-state index >= 15 is 0 Å². The summed E-state index contributed by atoms with van der Waals surface area (Å²) in [6.45, 7) is 2.57. The number of rotatable bonds is 4. The maximum absolute atomic E-state index is 5.58. The van der Waals surface area contributed by atoms with Gasteiger partial charge in [-0.1, -0.05) is 0 Å². The fourth-order valence-electron chi connectivity index (χ4n) is 1.31. The van der Waals surface area contributed by atoms with Gasteiger partial charge in [-0.15, -0.1) is 0 Å². The lowest BCUT2D eigenvalue weighted by Gasteiger charge is -2.11. The van der Waals surface area contributed by atoms with E-state index in [0.717, 1.165) is 24.9 Å². The number of halogens is 3. The highest BCUT2D eigenvalue weighted by atomic mass is 79.9. The van der Waals surface area contributed by atoms with Gasteiger partial charge in [-0.2, -0.15) is 0 Å². The van der Waals surface area contributed by atoms with Crippen LogP contribution in [-0.4, -0.2) is 13.7 Å².